The summed E-state index contributed by atoms with van der Waals surface area (Å²) in [4.78, 5) is 10.0. The first-order valence-corrected chi connectivity index (χ1v) is 14.7. The molecule has 0 spiro atoms. The van der Waals surface area contributed by atoms with Gasteiger partial charge in [-0.15, -0.1) is 0 Å². The molecule has 0 aromatic rings. The number of unbranched alkanes of at least 4 members (excludes halogenated alkanes) is 18. The maximum Gasteiger partial charge on any atom is 1.00 e. The third-order valence-corrected chi connectivity index (χ3v) is 5.92. The molecule has 0 rings (SSSR count). The molecule has 0 fully saturated rings. The average molecular weight is 545 g/mol. The summed E-state index contributed by atoms with van der Waals surface area (Å²) in [7, 11) is -4.23. The number of ether oxygens (including phenoxy) is 1. The predicted octanol–water partition coefficient (Wildman–Crippen LogP) is 2.56. The Morgan fingerprint density at radius 1 is 0.600 bits per heavy atom. The van der Waals surface area contributed by atoms with Crippen LogP contribution in [0.5, 0.6) is 0 Å². The topological polar surface area (TPSA) is 110 Å². The third-order valence-electron chi connectivity index (χ3n) is 5.45. The monoisotopic (exact) mass is 544 g/mol. The van der Waals surface area contributed by atoms with Crippen molar-refractivity contribution in [2.45, 2.75) is 142 Å². The van der Waals surface area contributed by atoms with E-state index in [4.69, 9.17) is 9.66 Å². The molecule has 0 atom stereocenters. The Kier molecular flexibility index (Phi) is 43.4. The summed E-state index contributed by atoms with van der Waals surface area (Å²) in [6.45, 7) is 4.90. The van der Waals surface area contributed by atoms with Gasteiger partial charge in [0.2, 0.25) is 0 Å². The molecule has 7 nitrogen and oxygen atoms in total. The normalized spacial score (nSPS) is 10.5. The molecule has 35 heavy (non-hydrogen) atoms. The Bertz CT molecular complexity index is 517. The van der Waals surface area contributed by atoms with Gasteiger partial charge in [0.25, 0.3) is 0 Å². The predicted molar refractivity (Wildman–Crippen MR) is 137 cm³/mol. The first-order chi connectivity index (χ1) is 15.8. The van der Waals surface area contributed by atoms with Gasteiger partial charge < -0.3 is 12.7 Å². The van der Waals surface area contributed by atoms with Crippen LogP contribution in [-0.4, -0.2) is 37.4 Å². The Balaban J connectivity index is -0.000000117. The largest absolute Gasteiger partial charge is 1.00 e. The van der Waals surface area contributed by atoms with Gasteiger partial charge in [-0.2, -0.15) is 8.42 Å². The van der Waals surface area contributed by atoms with Crippen molar-refractivity contribution in [2.24, 2.45) is 0 Å². The fourth-order valence-corrected chi connectivity index (χ4v) is 3.83. The summed E-state index contributed by atoms with van der Waals surface area (Å²) in [5, 5.41) is 8.23. The molecule has 0 aliphatic heterocycles. The number of hydrogen-bond donors (Lipinski definition) is 2. The van der Waals surface area contributed by atoms with Crippen molar-refractivity contribution in [2.75, 3.05) is 13.2 Å². The number of carbonyl (C=O) groups is 1. The van der Waals surface area contributed by atoms with Gasteiger partial charge in [-0.1, -0.05) is 129 Å². The minimum absolute atomic E-state index is 0. The molecule has 0 aliphatic carbocycles. The Morgan fingerprint density at radius 2 is 0.886 bits per heavy atom. The zero-order valence-corrected chi connectivity index (χ0v) is 28.2. The minimum atomic E-state index is -4.23. The van der Waals surface area contributed by atoms with Crippen molar-refractivity contribution in [3.8, 4) is 0 Å². The van der Waals surface area contributed by atoms with Crippen LogP contribution in [0.3, 0.4) is 0 Å². The standard InChI is InChI=1S/C13H26O3.C12H26O4S.2Na.2H/c1-2-3-4-5-6-7-8-9-10-11-12-16-13(14)15;1-2-3-4-5-6-7-8-9-10-11-12-16-17(13,14)15;;;;/h2-12H2,1H3,(H,14,15);2-12H2,1H3,(H,13,14,15);;;;/q;;2*+1;2*-1. The Morgan fingerprint density at radius 3 is 1.17 bits per heavy atom. The van der Waals surface area contributed by atoms with Crippen LogP contribution in [-0.2, 0) is 19.3 Å². The molecule has 0 bridgehead atoms. The molecule has 0 saturated heterocycles. The summed E-state index contributed by atoms with van der Waals surface area (Å²) in [5.41, 5.74) is 0. The molecule has 0 aliphatic rings. The smallest absolute Gasteiger partial charge is 1.00 e. The fourth-order valence-electron chi connectivity index (χ4n) is 3.50. The quantitative estimate of drug-likeness (QED) is 0.0881. The van der Waals surface area contributed by atoms with Crippen molar-refractivity contribution in [1.82, 2.24) is 0 Å². The van der Waals surface area contributed by atoms with E-state index in [0.29, 0.717) is 13.0 Å². The molecule has 0 saturated carbocycles. The van der Waals surface area contributed by atoms with E-state index in [1.165, 1.54) is 96.3 Å². The van der Waals surface area contributed by atoms with E-state index in [2.05, 4.69) is 22.8 Å². The van der Waals surface area contributed by atoms with Gasteiger partial charge in [-0.3, -0.25) is 4.55 Å². The van der Waals surface area contributed by atoms with E-state index in [9.17, 15) is 13.2 Å². The first kappa shape index (κ1) is 43.2. The van der Waals surface area contributed by atoms with E-state index in [-0.39, 0.29) is 68.6 Å². The fraction of sp³-hybridized carbons (Fsp3) is 0.960. The van der Waals surface area contributed by atoms with Gasteiger partial charge in [0.05, 0.1) is 13.2 Å². The third kappa shape index (κ3) is 48.7. The van der Waals surface area contributed by atoms with Gasteiger partial charge in [0.15, 0.2) is 0 Å². The first-order valence-electron chi connectivity index (χ1n) is 13.3. The van der Waals surface area contributed by atoms with E-state index in [1.807, 2.05) is 0 Å². The van der Waals surface area contributed by atoms with Gasteiger partial charge in [0.1, 0.15) is 0 Å². The SMILES string of the molecule is CCCCCCCCCCCCOC(=O)O.CCCCCCCCCCCCOS(=O)(=O)O.[H-].[H-].[Na+].[Na+]. The van der Waals surface area contributed by atoms with E-state index in [0.717, 1.165) is 25.7 Å². The van der Waals surface area contributed by atoms with Gasteiger partial charge in [0, 0.05) is 0 Å². The molecule has 10 heteroatoms. The van der Waals surface area contributed by atoms with Crippen molar-refractivity contribution in [3.05, 3.63) is 0 Å². The van der Waals surface area contributed by atoms with Crippen LogP contribution in [0, 0.1) is 0 Å². The van der Waals surface area contributed by atoms with Crippen LogP contribution in [0.25, 0.3) is 0 Å². The maximum absolute atomic E-state index is 10.2. The zero-order valence-electron chi connectivity index (χ0n) is 25.4. The van der Waals surface area contributed by atoms with Gasteiger partial charge in [-0.05, 0) is 12.8 Å². The van der Waals surface area contributed by atoms with Crippen LogP contribution < -0.4 is 59.1 Å². The van der Waals surface area contributed by atoms with Crippen molar-refractivity contribution >= 4 is 16.6 Å². The number of hydrogen-bond acceptors (Lipinski definition) is 5. The number of carboxylic acid groups (broad SMARTS) is 1. The van der Waals surface area contributed by atoms with Crippen LogP contribution >= 0.6 is 0 Å². The molecule has 2 N–H and O–H groups in total. The summed E-state index contributed by atoms with van der Waals surface area (Å²) in [6, 6.07) is 0. The molecule has 0 aromatic heterocycles. The number of rotatable bonds is 23. The van der Waals surface area contributed by atoms with E-state index < -0.39 is 16.6 Å². The van der Waals surface area contributed by atoms with E-state index >= 15 is 0 Å². The second-order valence-corrected chi connectivity index (χ2v) is 9.82. The second kappa shape index (κ2) is 35.1. The maximum atomic E-state index is 10.2. The molecule has 0 amide bonds. The molecule has 0 aromatic carbocycles. The molecular formula is C25H54Na2O7S. The molecule has 0 heterocycles. The van der Waals surface area contributed by atoms with Crippen molar-refractivity contribution < 1.29 is 93.8 Å². The average Bonchev–Trinajstić information content (AvgIpc) is 2.75. The van der Waals surface area contributed by atoms with E-state index in [1.54, 1.807) is 0 Å². The second-order valence-electron chi connectivity index (χ2n) is 8.73. The summed E-state index contributed by atoms with van der Waals surface area (Å²) in [6.07, 6.45) is 23.2. The molecule has 0 unspecified atom stereocenters. The van der Waals surface area contributed by atoms with Crippen LogP contribution in [0.15, 0.2) is 0 Å². The van der Waals surface area contributed by atoms with Gasteiger partial charge >= 0.3 is 75.7 Å². The summed E-state index contributed by atoms with van der Waals surface area (Å²) in [5.74, 6) is 0. The van der Waals surface area contributed by atoms with Crippen LogP contribution in [0.1, 0.15) is 145 Å². The van der Waals surface area contributed by atoms with Crippen LogP contribution in [0.2, 0.25) is 0 Å². The Hall–Kier alpha value is 1.14. The van der Waals surface area contributed by atoms with Gasteiger partial charge in [-0.25, -0.2) is 8.98 Å². The summed E-state index contributed by atoms with van der Waals surface area (Å²) >= 11 is 0. The Labute approximate surface area is 263 Å². The van der Waals surface area contributed by atoms with Crippen molar-refractivity contribution in [3.63, 3.8) is 0 Å². The minimum Gasteiger partial charge on any atom is -1.00 e. The molecule has 204 valence electrons. The zero-order chi connectivity index (χ0) is 25.0. The molecule has 0 radical (unpaired) electrons. The van der Waals surface area contributed by atoms with Crippen LogP contribution in [0.4, 0.5) is 4.79 Å². The van der Waals surface area contributed by atoms with Crippen molar-refractivity contribution in [1.29, 1.82) is 0 Å². The summed E-state index contributed by atoms with van der Waals surface area (Å²) < 4.78 is 37.4. The molecular weight excluding hydrogens is 490 g/mol.